The smallest absolute Gasteiger partial charge is 0.214 e. The minimum atomic E-state index is -3.32. The van der Waals surface area contributed by atoms with Gasteiger partial charge in [0.1, 0.15) is 5.78 Å². The summed E-state index contributed by atoms with van der Waals surface area (Å²) in [5.41, 5.74) is -0.812. The van der Waals surface area contributed by atoms with Crippen molar-refractivity contribution in [3.8, 4) is 0 Å². The van der Waals surface area contributed by atoms with E-state index in [4.69, 9.17) is 0 Å². The molecule has 0 aromatic rings. The summed E-state index contributed by atoms with van der Waals surface area (Å²) < 4.78 is 25.4. The molecule has 98 valence electrons. The quantitative estimate of drug-likeness (QED) is 0.767. The van der Waals surface area contributed by atoms with E-state index in [0.717, 1.165) is 12.8 Å². The number of carbonyl (C=O) groups excluding carboxylic acids is 1. The number of ketones is 1. The van der Waals surface area contributed by atoms with E-state index >= 15 is 0 Å². The number of carbonyl (C=O) groups is 1. The molecule has 2 saturated carbocycles. The SMILES string of the molecule is CN(C)S(=O)(=O)C[C@]12CC[C@H](CC1=O)C2(C)C. The van der Waals surface area contributed by atoms with E-state index in [1.165, 1.54) is 18.4 Å². The molecule has 2 aliphatic rings. The van der Waals surface area contributed by atoms with E-state index in [1.54, 1.807) is 0 Å². The first-order valence-electron chi connectivity index (χ1n) is 6.07. The minimum absolute atomic E-state index is 0.0185. The first-order chi connectivity index (χ1) is 7.63. The van der Waals surface area contributed by atoms with E-state index < -0.39 is 15.4 Å². The van der Waals surface area contributed by atoms with E-state index in [1.807, 2.05) is 0 Å². The molecule has 0 aliphatic heterocycles. The van der Waals surface area contributed by atoms with E-state index in [-0.39, 0.29) is 17.0 Å². The van der Waals surface area contributed by atoms with Gasteiger partial charge in [0.05, 0.1) is 5.75 Å². The van der Waals surface area contributed by atoms with Gasteiger partial charge in [0, 0.05) is 25.9 Å². The Hall–Kier alpha value is -0.420. The van der Waals surface area contributed by atoms with Crippen LogP contribution >= 0.6 is 0 Å². The summed E-state index contributed by atoms with van der Waals surface area (Å²) in [4.78, 5) is 12.2. The maximum Gasteiger partial charge on any atom is 0.214 e. The highest BCUT2D eigenvalue weighted by molar-refractivity contribution is 7.89. The molecule has 0 heterocycles. The first-order valence-corrected chi connectivity index (χ1v) is 7.68. The molecule has 0 N–H and O–H groups in total. The lowest BCUT2D eigenvalue weighted by Crippen LogP contribution is -2.45. The maximum absolute atomic E-state index is 12.2. The number of hydrogen-bond donors (Lipinski definition) is 0. The lowest BCUT2D eigenvalue weighted by Gasteiger charge is -2.36. The Bertz CT molecular complexity index is 452. The van der Waals surface area contributed by atoms with Crippen LogP contribution in [0.1, 0.15) is 33.1 Å². The van der Waals surface area contributed by atoms with E-state index in [9.17, 15) is 13.2 Å². The van der Waals surface area contributed by atoms with Gasteiger partial charge in [0.25, 0.3) is 0 Å². The van der Waals surface area contributed by atoms with Crippen LogP contribution in [-0.4, -0.2) is 38.4 Å². The molecule has 2 fully saturated rings. The molecule has 0 spiro atoms. The second-order valence-corrected chi connectivity index (χ2v) is 8.39. The van der Waals surface area contributed by atoms with Crippen LogP contribution in [0.15, 0.2) is 0 Å². The lowest BCUT2D eigenvalue weighted by molar-refractivity contribution is -0.128. The molecular weight excluding hydrogens is 238 g/mol. The van der Waals surface area contributed by atoms with Crippen LogP contribution in [0.5, 0.6) is 0 Å². The molecule has 2 rings (SSSR count). The predicted molar refractivity (Wildman–Crippen MR) is 66.0 cm³/mol. The Morgan fingerprint density at radius 3 is 2.29 bits per heavy atom. The Morgan fingerprint density at radius 2 is 1.94 bits per heavy atom. The van der Waals surface area contributed by atoms with Gasteiger partial charge in [0.2, 0.25) is 10.0 Å². The van der Waals surface area contributed by atoms with Crippen molar-refractivity contribution in [2.75, 3.05) is 19.8 Å². The molecule has 0 radical (unpaired) electrons. The number of rotatable bonds is 3. The van der Waals surface area contributed by atoms with Crippen LogP contribution in [0.2, 0.25) is 0 Å². The van der Waals surface area contributed by atoms with Crippen LogP contribution in [0, 0.1) is 16.7 Å². The van der Waals surface area contributed by atoms with Crippen molar-refractivity contribution >= 4 is 15.8 Å². The monoisotopic (exact) mass is 259 g/mol. The summed E-state index contributed by atoms with van der Waals surface area (Å²) in [7, 11) is -0.252. The fraction of sp³-hybridized carbons (Fsp3) is 0.917. The maximum atomic E-state index is 12.2. The average molecular weight is 259 g/mol. The van der Waals surface area contributed by atoms with Gasteiger partial charge in [0.15, 0.2) is 0 Å². The summed E-state index contributed by atoms with van der Waals surface area (Å²) in [6, 6.07) is 0. The molecule has 2 aliphatic carbocycles. The summed E-state index contributed by atoms with van der Waals surface area (Å²) in [6.45, 7) is 4.11. The zero-order chi connectivity index (χ0) is 13.1. The highest BCUT2D eigenvalue weighted by Gasteiger charge is 2.65. The summed E-state index contributed by atoms with van der Waals surface area (Å²) in [5, 5.41) is 0. The Balaban J connectivity index is 2.40. The molecule has 0 amide bonds. The predicted octanol–water partition coefficient (Wildman–Crippen LogP) is 1.27. The van der Waals surface area contributed by atoms with Crippen LogP contribution in [0.3, 0.4) is 0 Å². The lowest BCUT2D eigenvalue weighted by atomic mass is 9.70. The Morgan fingerprint density at radius 1 is 1.35 bits per heavy atom. The third-order valence-corrected chi connectivity index (χ3v) is 7.09. The van der Waals surface area contributed by atoms with Crippen LogP contribution < -0.4 is 0 Å². The zero-order valence-corrected chi connectivity index (χ0v) is 11.8. The van der Waals surface area contributed by atoms with Crippen molar-refractivity contribution in [3.05, 3.63) is 0 Å². The third kappa shape index (κ3) is 1.58. The Kier molecular flexibility index (Phi) is 2.71. The molecule has 17 heavy (non-hydrogen) atoms. The second-order valence-electron chi connectivity index (χ2n) is 6.21. The van der Waals surface area contributed by atoms with Crippen molar-refractivity contribution in [2.45, 2.75) is 33.1 Å². The average Bonchev–Trinajstić information content (AvgIpc) is 2.50. The molecule has 0 saturated heterocycles. The zero-order valence-electron chi connectivity index (χ0n) is 11.0. The summed E-state index contributed by atoms with van der Waals surface area (Å²) in [5.74, 6) is 0.506. The second kappa shape index (κ2) is 3.54. The topological polar surface area (TPSA) is 54.5 Å². The number of Topliss-reactive ketones (excluding diaryl/α,β-unsaturated/α-hetero) is 1. The molecule has 4 nitrogen and oxygen atoms in total. The molecule has 2 bridgehead atoms. The molecule has 0 aromatic carbocycles. The summed E-state index contributed by atoms with van der Waals surface area (Å²) >= 11 is 0. The van der Waals surface area contributed by atoms with Crippen molar-refractivity contribution < 1.29 is 13.2 Å². The highest BCUT2D eigenvalue weighted by atomic mass is 32.2. The highest BCUT2D eigenvalue weighted by Crippen LogP contribution is 2.64. The van der Waals surface area contributed by atoms with Gasteiger partial charge in [-0.3, -0.25) is 4.79 Å². The third-order valence-electron chi connectivity index (χ3n) is 5.12. The minimum Gasteiger partial charge on any atom is -0.299 e. The van der Waals surface area contributed by atoms with Crippen LogP contribution in [0.4, 0.5) is 0 Å². The van der Waals surface area contributed by atoms with Gasteiger partial charge >= 0.3 is 0 Å². The number of sulfonamides is 1. The largest absolute Gasteiger partial charge is 0.299 e. The van der Waals surface area contributed by atoms with E-state index in [2.05, 4.69) is 13.8 Å². The van der Waals surface area contributed by atoms with Gasteiger partial charge in [-0.05, 0) is 24.2 Å². The van der Waals surface area contributed by atoms with Crippen molar-refractivity contribution in [1.82, 2.24) is 4.31 Å². The first kappa shape index (κ1) is 13.0. The Labute approximate surface area is 103 Å². The van der Waals surface area contributed by atoms with Gasteiger partial charge in [-0.25, -0.2) is 12.7 Å². The normalized spacial score (nSPS) is 35.8. The van der Waals surface area contributed by atoms with Crippen molar-refractivity contribution in [2.24, 2.45) is 16.7 Å². The van der Waals surface area contributed by atoms with Crippen molar-refractivity contribution in [3.63, 3.8) is 0 Å². The van der Waals surface area contributed by atoms with Crippen molar-refractivity contribution in [1.29, 1.82) is 0 Å². The fourth-order valence-corrected chi connectivity index (χ4v) is 5.11. The van der Waals surface area contributed by atoms with E-state index in [0.29, 0.717) is 12.3 Å². The number of fused-ring (bicyclic) bond motifs is 2. The summed E-state index contributed by atoms with van der Waals surface area (Å²) in [6.07, 6.45) is 2.29. The number of nitrogens with zero attached hydrogens (tertiary/aromatic N) is 1. The molecule has 0 unspecified atom stereocenters. The molecular formula is C12H21NO3S. The van der Waals surface area contributed by atoms with Crippen LogP contribution in [0.25, 0.3) is 0 Å². The fourth-order valence-electron chi connectivity index (χ4n) is 3.55. The van der Waals surface area contributed by atoms with Gasteiger partial charge in [-0.2, -0.15) is 0 Å². The standard InChI is InChI=1S/C12H21NO3S/c1-11(2)9-5-6-12(11,10(14)7-9)8-17(15,16)13(3)4/h9H,5-8H2,1-4H3/t9-,12-/m1/s1. The molecule has 2 atom stereocenters. The van der Waals surface area contributed by atoms with Gasteiger partial charge in [-0.1, -0.05) is 13.8 Å². The number of hydrogen-bond acceptors (Lipinski definition) is 3. The van der Waals surface area contributed by atoms with Gasteiger partial charge in [-0.15, -0.1) is 0 Å². The molecule has 5 heteroatoms. The van der Waals surface area contributed by atoms with Crippen LogP contribution in [-0.2, 0) is 14.8 Å². The molecule has 0 aromatic heterocycles. The van der Waals surface area contributed by atoms with Gasteiger partial charge < -0.3 is 0 Å².